The van der Waals surface area contributed by atoms with Crippen LogP contribution < -0.4 is 9.47 Å². The molecule has 0 saturated heterocycles. The first-order chi connectivity index (χ1) is 11.2. The monoisotopic (exact) mass is 305 g/mol. The highest BCUT2D eigenvalue weighted by Gasteiger charge is 2.03. The van der Waals surface area contributed by atoms with Gasteiger partial charge in [-0.25, -0.2) is 4.98 Å². The van der Waals surface area contributed by atoms with E-state index in [0.29, 0.717) is 0 Å². The largest absolute Gasteiger partial charge is 0.493 e. The van der Waals surface area contributed by atoms with E-state index in [4.69, 9.17) is 9.47 Å². The Kier molecular flexibility index (Phi) is 4.29. The molecule has 2 aromatic carbocycles. The lowest BCUT2D eigenvalue weighted by atomic mass is 10.1. The van der Waals surface area contributed by atoms with E-state index >= 15 is 0 Å². The molecule has 0 radical (unpaired) electrons. The Bertz CT molecular complexity index is 869. The molecule has 0 aliphatic heterocycles. The standard InChI is InChI=1S/C20H19NO2/c1-14-4-10-18-16(12-14)7-9-17(21-18)8-5-15-6-11-19(22-2)20(13-15)23-3/h4-13H,1-3H3/b8-5+. The quantitative estimate of drug-likeness (QED) is 0.698. The molecule has 116 valence electrons. The van der Waals surface area contributed by atoms with Crippen LogP contribution in [-0.4, -0.2) is 19.2 Å². The molecule has 23 heavy (non-hydrogen) atoms. The number of methoxy groups -OCH3 is 2. The first kappa shape index (κ1) is 15.1. The van der Waals surface area contributed by atoms with Gasteiger partial charge >= 0.3 is 0 Å². The third-order valence-corrected chi connectivity index (χ3v) is 3.72. The number of hydrogen-bond donors (Lipinski definition) is 0. The number of hydrogen-bond acceptors (Lipinski definition) is 3. The molecule has 0 bridgehead atoms. The van der Waals surface area contributed by atoms with E-state index in [0.717, 1.165) is 33.7 Å². The molecular weight excluding hydrogens is 286 g/mol. The van der Waals surface area contributed by atoms with Crippen molar-refractivity contribution in [1.82, 2.24) is 4.98 Å². The minimum atomic E-state index is 0.719. The zero-order valence-corrected chi connectivity index (χ0v) is 13.5. The van der Waals surface area contributed by atoms with Gasteiger partial charge in [-0.3, -0.25) is 0 Å². The molecule has 0 fully saturated rings. The van der Waals surface area contributed by atoms with Crippen LogP contribution in [0.5, 0.6) is 11.5 Å². The summed E-state index contributed by atoms with van der Waals surface area (Å²) in [5.41, 5.74) is 4.21. The van der Waals surface area contributed by atoms with Crippen LogP contribution >= 0.6 is 0 Å². The van der Waals surface area contributed by atoms with Gasteiger partial charge in [0.2, 0.25) is 0 Å². The summed E-state index contributed by atoms with van der Waals surface area (Å²) in [6, 6.07) is 16.2. The molecule has 0 aliphatic carbocycles. The van der Waals surface area contributed by atoms with E-state index in [1.807, 2.05) is 36.4 Å². The normalized spacial score (nSPS) is 11.1. The second-order valence-electron chi connectivity index (χ2n) is 5.38. The Labute approximate surface area is 136 Å². The molecule has 0 aliphatic rings. The van der Waals surface area contributed by atoms with Crippen LogP contribution in [-0.2, 0) is 0 Å². The average molecular weight is 305 g/mol. The summed E-state index contributed by atoms with van der Waals surface area (Å²) in [5, 5.41) is 1.16. The first-order valence-corrected chi connectivity index (χ1v) is 7.47. The number of aryl methyl sites for hydroxylation is 1. The van der Waals surface area contributed by atoms with Crippen molar-refractivity contribution >= 4 is 23.1 Å². The third-order valence-electron chi connectivity index (χ3n) is 3.72. The van der Waals surface area contributed by atoms with Gasteiger partial charge in [0.15, 0.2) is 11.5 Å². The zero-order valence-electron chi connectivity index (χ0n) is 13.5. The number of ether oxygens (including phenoxy) is 2. The maximum atomic E-state index is 5.32. The van der Waals surface area contributed by atoms with Crippen molar-refractivity contribution in [2.75, 3.05) is 14.2 Å². The van der Waals surface area contributed by atoms with Gasteiger partial charge in [0.1, 0.15) is 0 Å². The topological polar surface area (TPSA) is 31.4 Å². The lowest BCUT2D eigenvalue weighted by molar-refractivity contribution is 0.355. The second kappa shape index (κ2) is 6.53. The maximum absolute atomic E-state index is 5.32. The fraction of sp³-hybridized carbons (Fsp3) is 0.150. The predicted octanol–water partition coefficient (Wildman–Crippen LogP) is 4.73. The minimum Gasteiger partial charge on any atom is -0.493 e. The zero-order chi connectivity index (χ0) is 16.2. The Morgan fingerprint density at radius 3 is 2.43 bits per heavy atom. The number of rotatable bonds is 4. The van der Waals surface area contributed by atoms with Crippen LogP contribution in [0, 0.1) is 6.92 Å². The van der Waals surface area contributed by atoms with E-state index in [2.05, 4.69) is 36.2 Å². The SMILES string of the molecule is COc1ccc(/C=C/c2ccc3cc(C)ccc3n2)cc1OC. The molecular formula is C20H19NO2. The van der Waals surface area contributed by atoms with Crippen LogP contribution in [0.4, 0.5) is 0 Å². The van der Waals surface area contributed by atoms with Gasteiger partial charge in [-0.2, -0.15) is 0 Å². The summed E-state index contributed by atoms with van der Waals surface area (Å²) in [7, 11) is 3.27. The highest BCUT2D eigenvalue weighted by molar-refractivity contribution is 5.81. The van der Waals surface area contributed by atoms with Crippen LogP contribution in [0.1, 0.15) is 16.8 Å². The lowest BCUT2D eigenvalue weighted by Crippen LogP contribution is -1.90. The average Bonchev–Trinajstić information content (AvgIpc) is 2.59. The van der Waals surface area contributed by atoms with Gasteiger partial charge < -0.3 is 9.47 Å². The Morgan fingerprint density at radius 1 is 0.826 bits per heavy atom. The predicted molar refractivity (Wildman–Crippen MR) is 95.0 cm³/mol. The molecule has 1 aromatic heterocycles. The minimum absolute atomic E-state index is 0.719. The van der Waals surface area contributed by atoms with Gasteiger partial charge in [-0.15, -0.1) is 0 Å². The van der Waals surface area contributed by atoms with Crippen LogP contribution in [0.2, 0.25) is 0 Å². The summed E-state index contributed by atoms with van der Waals surface area (Å²) in [5.74, 6) is 1.44. The first-order valence-electron chi connectivity index (χ1n) is 7.47. The molecule has 0 saturated carbocycles. The van der Waals surface area contributed by atoms with E-state index in [1.165, 1.54) is 5.56 Å². The van der Waals surface area contributed by atoms with Gasteiger partial charge in [0.05, 0.1) is 25.4 Å². The van der Waals surface area contributed by atoms with Gasteiger partial charge in [0, 0.05) is 5.39 Å². The highest BCUT2D eigenvalue weighted by Crippen LogP contribution is 2.28. The lowest BCUT2D eigenvalue weighted by Gasteiger charge is -2.07. The van der Waals surface area contributed by atoms with E-state index in [9.17, 15) is 0 Å². The molecule has 0 unspecified atom stereocenters. The molecule has 0 N–H and O–H groups in total. The van der Waals surface area contributed by atoms with E-state index in [1.54, 1.807) is 14.2 Å². The van der Waals surface area contributed by atoms with Crippen molar-refractivity contribution < 1.29 is 9.47 Å². The Balaban J connectivity index is 1.89. The molecule has 3 heteroatoms. The van der Waals surface area contributed by atoms with Crippen molar-refractivity contribution in [2.45, 2.75) is 6.92 Å². The third kappa shape index (κ3) is 3.34. The number of nitrogens with zero attached hydrogens (tertiary/aromatic N) is 1. The van der Waals surface area contributed by atoms with Gasteiger partial charge in [-0.1, -0.05) is 29.8 Å². The Hall–Kier alpha value is -2.81. The Morgan fingerprint density at radius 2 is 1.65 bits per heavy atom. The number of pyridine rings is 1. The number of aromatic nitrogens is 1. The molecule has 0 atom stereocenters. The number of benzene rings is 2. The maximum Gasteiger partial charge on any atom is 0.161 e. The summed E-state index contributed by atoms with van der Waals surface area (Å²) in [6.45, 7) is 2.09. The summed E-state index contributed by atoms with van der Waals surface area (Å²) >= 11 is 0. The van der Waals surface area contributed by atoms with E-state index in [-0.39, 0.29) is 0 Å². The van der Waals surface area contributed by atoms with E-state index < -0.39 is 0 Å². The smallest absolute Gasteiger partial charge is 0.161 e. The molecule has 0 spiro atoms. The molecule has 1 heterocycles. The summed E-state index contributed by atoms with van der Waals surface area (Å²) in [4.78, 5) is 4.66. The highest BCUT2D eigenvalue weighted by atomic mass is 16.5. The van der Waals surface area contributed by atoms with Crippen molar-refractivity contribution in [2.24, 2.45) is 0 Å². The van der Waals surface area contributed by atoms with Gasteiger partial charge in [0.25, 0.3) is 0 Å². The molecule has 0 amide bonds. The van der Waals surface area contributed by atoms with Crippen molar-refractivity contribution in [1.29, 1.82) is 0 Å². The number of fused-ring (bicyclic) bond motifs is 1. The van der Waals surface area contributed by atoms with Crippen molar-refractivity contribution in [3.8, 4) is 11.5 Å². The van der Waals surface area contributed by atoms with Crippen molar-refractivity contribution in [3.05, 3.63) is 65.4 Å². The molecule has 3 rings (SSSR count). The van der Waals surface area contributed by atoms with Crippen LogP contribution in [0.3, 0.4) is 0 Å². The van der Waals surface area contributed by atoms with Crippen LogP contribution in [0.15, 0.2) is 48.5 Å². The summed E-state index contributed by atoms with van der Waals surface area (Å²) in [6.07, 6.45) is 4.02. The molecule has 3 nitrogen and oxygen atoms in total. The fourth-order valence-corrected chi connectivity index (χ4v) is 2.49. The summed E-state index contributed by atoms with van der Waals surface area (Å²) < 4.78 is 10.6. The van der Waals surface area contributed by atoms with Crippen LogP contribution in [0.25, 0.3) is 23.1 Å². The second-order valence-corrected chi connectivity index (χ2v) is 5.38. The fourth-order valence-electron chi connectivity index (χ4n) is 2.49. The van der Waals surface area contributed by atoms with Gasteiger partial charge in [-0.05, 0) is 48.9 Å². The molecule has 3 aromatic rings. The van der Waals surface area contributed by atoms with Crippen molar-refractivity contribution in [3.63, 3.8) is 0 Å².